The van der Waals surface area contributed by atoms with E-state index in [1.54, 1.807) is 38.1 Å². The monoisotopic (exact) mass is 331 g/mol. The van der Waals surface area contributed by atoms with Gasteiger partial charge in [0, 0.05) is 6.07 Å². The van der Waals surface area contributed by atoms with Crippen molar-refractivity contribution < 1.29 is 23.9 Å². The van der Waals surface area contributed by atoms with Crippen molar-refractivity contribution in [1.29, 1.82) is 0 Å². The molecule has 2 aliphatic heterocycles. The highest BCUT2D eigenvalue weighted by Crippen LogP contribution is 2.32. The maximum Gasteiger partial charge on any atom is 0.355 e. The lowest BCUT2D eigenvalue weighted by Gasteiger charge is -2.16. The standard InChI is InChI=1S/C16H17N3O5/c1-8(2)24-16(22)13-11-12(17-18-13)15(21)19(14(11)20)9-5-4-6-10(7-9)23-3/h4-8,11-12,17H,1-3H3/t11-,12+/m0/s1. The van der Waals surface area contributed by atoms with Gasteiger partial charge < -0.3 is 9.47 Å². The van der Waals surface area contributed by atoms with E-state index < -0.39 is 29.7 Å². The molecule has 2 heterocycles. The highest BCUT2D eigenvalue weighted by atomic mass is 16.5. The van der Waals surface area contributed by atoms with Gasteiger partial charge in [0.05, 0.1) is 18.9 Å². The van der Waals surface area contributed by atoms with Crippen molar-refractivity contribution >= 4 is 29.2 Å². The summed E-state index contributed by atoms with van der Waals surface area (Å²) in [6, 6.07) is 5.71. The van der Waals surface area contributed by atoms with Crippen LogP contribution in [0.3, 0.4) is 0 Å². The number of imide groups is 1. The second-order valence-electron chi connectivity index (χ2n) is 5.75. The molecule has 2 atom stereocenters. The van der Waals surface area contributed by atoms with E-state index in [0.29, 0.717) is 11.4 Å². The Labute approximate surface area is 138 Å². The second-order valence-corrected chi connectivity index (χ2v) is 5.75. The number of ether oxygens (including phenoxy) is 2. The molecule has 8 nitrogen and oxygen atoms in total. The predicted octanol–water partition coefficient (Wildman–Crippen LogP) is 0.464. The van der Waals surface area contributed by atoms with Crippen LogP contribution in [0, 0.1) is 5.92 Å². The van der Waals surface area contributed by atoms with Crippen molar-refractivity contribution in [2.24, 2.45) is 11.0 Å². The van der Waals surface area contributed by atoms with Crippen molar-refractivity contribution in [3.63, 3.8) is 0 Å². The van der Waals surface area contributed by atoms with E-state index in [-0.39, 0.29) is 11.8 Å². The van der Waals surface area contributed by atoms with Crippen molar-refractivity contribution in [2.75, 3.05) is 12.0 Å². The Hall–Kier alpha value is -2.90. The summed E-state index contributed by atoms with van der Waals surface area (Å²) in [5.74, 6) is -2.13. The van der Waals surface area contributed by atoms with Gasteiger partial charge >= 0.3 is 5.97 Å². The van der Waals surface area contributed by atoms with Crippen LogP contribution in [0.5, 0.6) is 5.75 Å². The summed E-state index contributed by atoms with van der Waals surface area (Å²) in [5.41, 5.74) is 2.89. The zero-order chi connectivity index (χ0) is 17.4. The third-order valence-corrected chi connectivity index (χ3v) is 3.79. The van der Waals surface area contributed by atoms with Crippen LogP contribution >= 0.6 is 0 Å². The molecule has 0 aliphatic carbocycles. The highest BCUT2D eigenvalue weighted by molar-refractivity contribution is 6.46. The van der Waals surface area contributed by atoms with Crippen LogP contribution in [0.2, 0.25) is 0 Å². The fraction of sp³-hybridized carbons (Fsp3) is 0.375. The lowest BCUT2D eigenvalue weighted by atomic mass is 9.99. The first-order valence-electron chi connectivity index (χ1n) is 7.50. The molecule has 1 fully saturated rings. The predicted molar refractivity (Wildman–Crippen MR) is 84.6 cm³/mol. The average Bonchev–Trinajstić information content (AvgIpc) is 3.08. The van der Waals surface area contributed by atoms with E-state index in [0.717, 1.165) is 4.90 Å². The van der Waals surface area contributed by atoms with Gasteiger partial charge in [-0.25, -0.2) is 9.69 Å². The minimum atomic E-state index is -0.977. The maximum absolute atomic E-state index is 12.7. The average molecular weight is 331 g/mol. The molecule has 1 N–H and O–H groups in total. The van der Waals surface area contributed by atoms with Gasteiger partial charge in [-0.3, -0.25) is 15.0 Å². The molecule has 0 spiro atoms. The van der Waals surface area contributed by atoms with Gasteiger partial charge in [-0.15, -0.1) is 0 Å². The van der Waals surface area contributed by atoms with E-state index in [1.165, 1.54) is 7.11 Å². The molecule has 0 aromatic heterocycles. The van der Waals surface area contributed by atoms with E-state index in [9.17, 15) is 14.4 Å². The number of benzene rings is 1. The first-order valence-corrected chi connectivity index (χ1v) is 7.50. The number of amides is 2. The quantitative estimate of drug-likeness (QED) is 0.636. The number of hydrazone groups is 1. The molecule has 8 heteroatoms. The van der Waals surface area contributed by atoms with Crippen LogP contribution < -0.4 is 15.1 Å². The first-order chi connectivity index (χ1) is 11.4. The molecule has 1 saturated heterocycles. The largest absolute Gasteiger partial charge is 0.497 e. The summed E-state index contributed by atoms with van der Waals surface area (Å²) in [6.07, 6.45) is -0.346. The topological polar surface area (TPSA) is 97.3 Å². The molecular weight excluding hydrogens is 314 g/mol. The number of methoxy groups -OCH3 is 1. The summed E-state index contributed by atoms with van der Waals surface area (Å²) in [4.78, 5) is 38.4. The van der Waals surface area contributed by atoms with Gasteiger partial charge in [-0.2, -0.15) is 5.10 Å². The maximum atomic E-state index is 12.7. The summed E-state index contributed by atoms with van der Waals surface area (Å²) < 4.78 is 10.2. The first kappa shape index (κ1) is 16.0. The number of esters is 1. The minimum absolute atomic E-state index is 0.0718. The van der Waals surface area contributed by atoms with E-state index in [4.69, 9.17) is 9.47 Å². The molecule has 0 unspecified atom stereocenters. The fourth-order valence-corrected chi connectivity index (χ4v) is 2.74. The van der Waals surface area contributed by atoms with E-state index in [1.807, 2.05) is 0 Å². The molecule has 126 valence electrons. The zero-order valence-electron chi connectivity index (χ0n) is 13.5. The molecule has 1 aromatic carbocycles. The van der Waals surface area contributed by atoms with Gasteiger partial charge in [0.15, 0.2) is 5.71 Å². The lowest BCUT2D eigenvalue weighted by molar-refractivity contribution is -0.139. The summed E-state index contributed by atoms with van der Waals surface area (Å²) in [7, 11) is 1.50. The number of hydrogen-bond donors (Lipinski definition) is 1. The third-order valence-electron chi connectivity index (χ3n) is 3.79. The highest BCUT2D eigenvalue weighted by Gasteiger charge is 2.55. The number of rotatable bonds is 4. The zero-order valence-corrected chi connectivity index (χ0v) is 13.5. The number of fused-ring (bicyclic) bond motifs is 1. The van der Waals surface area contributed by atoms with Crippen LogP contribution in [0.1, 0.15) is 13.8 Å². The Morgan fingerprint density at radius 1 is 1.29 bits per heavy atom. The number of nitrogens with zero attached hydrogens (tertiary/aromatic N) is 2. The number of anilines is 1. The van der Waals surface area contributed by atoms with Crippen LogP contribution in [0.4, 0.5) is 5.69 Å². The number of carbonyl (C=O) groups is 3. The smallest absolute Gasteiger partial charge is 0.355 e. The Morgan fingerprint density at radius 3 is 2.71 bits per heavy atom. The Morgan fingerprint density at radius 2 is 2.04 bits per heavy atom. The van der Waals surface area contributed by atoms with Gasteiger partial charge in [0.2, 0.25) is 5.91 Å². The summed E-state index contributed by atoms with van der Waals surface area (Å²) in [6.45, 7) is 3.39. The van der Waals surface area contributed by atoms with Crippen LogP contribution in [0.25, 0.3) is 0 Å². The lowest BCUT2D eigenvalue weighted by Crippen LogP contribution is -2.36. The van der Waals surface area contributed by atoms with Crippen LogP contribution in [-0.4, -0.2) is 42.8 Å². The third kappa shape index (κ3) is 2.49. The van der Waals surface area contributed by atoms with Gasteiger partial charge in [0.25, 0.3) is 5.91 Å². The fourth-order valence-electron chi connectivity index (χ4n) is 2.74. The number of hydrogen-bond acceptors (Lipinski definition) is 7. The van der Waals surface area contributed by atoms with Crippen LogP contribution in [0.15, 0.2) is 29.4 Å². The van der Waals surface area contributed by atoms with Crippen molar-refractivity contribution in [2.45, 2.75) is 26.0 Å². The normalized spacial score (nSPS) is 22.3. The van der Waals surface area contributed by atoms with Gasteiger partial charge in [-0.1, -0.05) is 6.07 Å². The molecule has 2 amide bonds. The molecule has 1 aromatic rings. The molecule has 0 bridgehead atoms. The molecule has 0 saturated carbocycles. The summed E-state index contributed by atoms with van der Waals surface area (Å²) in [5, 5.41) is 3.83. The summed E-state index contributed by atoms with van der Waals surface area (Å²) >= 11 is 0. The molecule has 24 heavy (non-hydrogen) atoms. The molecular formula is C16H17N3O5. The van der Waals surface area contributed by atoms with Gasteiger partial charge in [-0.05, 0) is 26.0 Å². The Bertz CT molecular complexity index is 743. The van der Waals surface area contributed by atoms with Gasteiger partial charge in [0.1, 0.15) is 17.7 Å². The number of carbonyl (C=O) groups excluding carboxylic acids is 3. The second kappa shape index (κ2) is 5.95. The minimum Gasteiger partial charge on any atom is -0.497 e. The van der Waals surface area contributed by atoms with Crippen molar-refractivity contribution in [1.82, 2.24) is 5.43 Å². The van der Waals surface area contributed by atoms with E-state index in [2.05, 4.69) is 10.5 Å². The van der Waals surface area contributed by atoms with Crippen molar-refractivity contribution in [3.8, 4) is 5.75 Å². The van der Waals surface area contributed by atoms with Crippen LogP contribution in [-0.2, 0) is 19.1 Å². The molecule has 2 aliphatic rings. The van der Waals surface area contributed by atoms with E-state index >= 15 is 0 Å². The molecule has 3 rings (SSSR count). The SMILES string of the molecule is COc1cccc(N2C(=O)[C@@H]3C(C(=O)OC(C)C)=NN[C@H]3C2=O)c1. The molecule has 0 radical (unpaired) electrons. The van der Waals surface area contributed by atoms with Crippen molar-refractivity contribution in [3.05, 3.63) is 24.3 Å². The Balaban J connectivity index is 1.90. The number of nitrogens with one attached hydrogen (secondary N) is 1. The Kier molecular flexibility index (Phi) is 3.96.